The molecule has 0 bridgehead atoms. The fraction of sp³-hybridized carbons (Fsp3) is 1.00. The third-order valence-electron chi connectivity index (χ3n) is 3.99. The largest absolute Gasteiger partial charge is 0.381 e. The average molecular weight is 227 g/mol. The second-order valence-corrected chi connectivity index (χ2v) is 5.15. The van der Waals surface area contributed by atoms with Gasteiger partial charge in [0.05, 0.1) is 6.10 Å². The number of ether oxygens (including phenoxy) is 2. The maximum atomic E-state index is 6.03. The Bertz CT molecular complexity index is 184. The molecule has 0 amide bonds. The molecule has 2 fully saturated rings. The molecule has 1 saturated heterocycles. The Balaban J connectivity index is 1.59. The van der Waals surface area contributed by atoms with Crippen LogP contribution in [0.3, 0.4) is 0 Å². The highest BCUT2D eigenvalue weighted by Crippen LogP contribution is 2.23. The first kappa shape index (κ1) is 12.3. The van der Waals surface area contributed by atoms with E-state index in [0.29, 0.717) is 6.10 Å². The Morgan fingerprint density at radius 3 is 2.38 bits per heavy atom. The van der Waals surface area contributed by atoms with Gasteiger partial charge in [0.25, 0.3) is 0 Å². The van der Waals surface area contributed by atoms with Crippen LogP contribution in [-0.2, 0) is 9.47 Å². The molecule has 1 N–H and O–H groups in total. The van der Waals surface area contributed by atoms with Gasteiger partial charge in [-0.3, -0.25) is 0 Å². The average Bonchev–Trinajstić information content (AvgIpc) is 2.38. The Morgan fingerprint density at radius 2 is 1.75 bits per heavy atom. The van der Waals surface area contributed by atoms with Gasteiger partial charge in [-0.05, 0) is 51.5 Å². The van der Waals surface area contributed by atoms with E-state index in [0.717, 1.165) is 31.8 Å². The predicted molar refractivity (Wildman–Crippen MR) is 64.6 cm³/mol. The standard InChI is InChI=1S/C13H25NO2/c1-14-12-2-4-13(5-3-12)16-10-11-6-8-15-9-7-11/h11-14H,2-10H2,1H3. The van der Waals surface area contributed by atoms with Crippen molar-refractivity contribution < 1.29 is 9.47 Å². The van der Waals surface area contributed by atoms with Crippen molar-refractivity contribution in [1.29, 1.82) is 0 Å². The Kier molecular flexibility index (Phi) is 5.07. The molecule has 0 aromatic carbocycles. The third-order valence-corrected chi connectivity index (χ3v) is 3.99. The molecule has 0 radical (unpaired) electrons. The summed E-state index contributed by atoms with van der Waals surface area (Å²) in [5, 5.41) is 3.36. The van der Waals surface area contributed by atoms with E-state index in [1.54, 1.807) is 0 Å². The van der Waals surface area contributed by atoms with Crippen LogP contribution in [0.4, 0.5) is 0 Å². The van der Waals surface area contributed by atoms with Crippen molar-refractivity contribution in [2.75, 3.05) is 26.9 Å². The first-order valence-corrected chi connectivity index (χ1v) is 6.75. The van der Waals surface area contributed by atoms with Crippen LogP contribution < -0.4 is 5.32 Å². The Hall–Kier alpha value is -0.120. The summed E-state index contributed by atoms with van der Waals surface area (Å²) in [5.41, 5.74) is 0. The van der Waals surface area contributed by atoms with Crippen LogP contribution >= 0.6 is 0 Å². The van der Waals surface area contributed by atoms with E-state index >= 15 is 0 Å². The number of rotatable bonds is 4. The van der Waals surface area contributed by atoms with E-state index in [4.69, 9.17) is 9.47 Å². The highest BCUT2D eigenvalue weighted by molar-refractivity contribution is 4.76. The maximum Gasteiger partial charge on any atom is 0.0576 e. The van der Waals surface area contributed by atoms with Crippen molar-refractivity contribution in [2.45, 2.75) is 50.7 Å². The SMILES string of the molecule is CNC1CCC(OCC2CCOCC2)CC1. The minimum Gasteiger partial charge on any atom is -0.381 e. The Morgan fingerprint density at radius 1 is 1.06 bits per heavy atom. The molecule has 0 aromatic rings. The van der Waals surface area contributed by atoms with Crippen LogP contribution in [0.1, 0.15) is 38.5 Å². The molecular formula is C13H25NO2. The van der Waals surface area contributed by atoms with Crippen LogP contribution in [0.15, 0.2) is 0 Å². The zero-order chi connectivity index (χ0) is 11.2. The summed E-state index contributed by atoms with van der Waals surface area (Å²) < 4.78 is 11.4. The van der Waals surface area contributed by atoms with Crippen molar-refractivity contribution in [1.82, 2.24) is 5.32 Å². The van der Waals surface area contributed by atoms with E-state index in [2.05, 4.69) is 12.4 Å². The first-order valence-electron chi connectivity index (χ1n) is 6.75. The van der Waals surface area contributed by atoms with Crippen molar-refractivity contribution in [3.63, 3.8) is 0 Å². The molecule has 1 aliphatic carbocycles. The summed E-state index contributed by atoms with van der Waals surface area (Å²) in [5.74, 6) is 0.746. The van der Waals surface area contributed by atoms with Crippen molar-refractivity contribution in [3.05, 3.63) is 0 Å². The number of hydrogen-bond donors (Lipinski definition) is 1. The maximum absolute atomic E-state index is 6.03. The molecule has 2 aliphatic rings. The van der Waals surface area contributed by atoms with Crippen LogP contribution in [0, 0.1) is 5.92 Å². The summed E-state index contributed by atoms with van der Waals surface area (Å²) in [6, 6.07) is 0.725. The zero-order valence-electron chi connectivity index (χ0n) is 10.4. The van der Waals surface area contributed by atoms with Gasteiger partial charge in [-0.1, -0.05) is 0 Å². The third kappa shape index (κ3) is 3.72. The van der Waals surface area contributed by atoms with Gasteiger partial charge in [0.2, 0.25) is 0 Å². The van der Waals surface area contributed by atoms with E-state index in [1.807, 2.05) is 0 Å². The molecule has 94 valence electrons. The van der Waals surface area contributed by atoms with Gasteiger partial charge in [0.1, 0.15) is 0 Å². The summed E-state index contributed by atoms with van der Waals surface area (Å²) in [6.45, 7) is 2.82. The molecule has 0 unspecified atom stereocenters. The van der Waals surface area contributed by atoms with Gasteiger partial charge in [0, 0.05) is 25.9 Å². The Labute approximate surface area is 98.9 Å². The van der Waals surface area contributed by atoms with Gasteiger partial charge in [-0.15, -0.1) is 0 Å². The minimum absolute atomic E-state index is 0.521. The second-order valence-electron chi connectivity index (χ2n) is 5.15. The molecule has 1 aliphatic heterocycles. The minimum atomic E-state index is 0.521. The summed E-state index contributed by atoms with van der Waals surface area (Å²) in [6.07, 6.45) is 7.90. The highest BCUT2D eigenvalue weighted by Gasteiger charge is 2.22. The first-order chi connectivity index (χ1) is 7.88. The normalized spacial score (nSPS) is 32.8. The lowest BCUT2D eigenvalue weighted by Crippen LogP contribution is -2.34. The van der Waals surface area contributed by atoms with Gasteiger partial charge in [-0.2, -0.15) is 0 Å². The molecule has 3 nitrogen and oxygen atoms in total. The van der Waals surface area contributed by atoms with Crippen molar-refractivity contribution in [3.8, 4) is 0 Å². The van der Waals surface area contributed by atoms with Crippen molar-refractivity contribution in [2.24, 2.45) is 5.92 Å². The molecular weight excluding hydrogens is 202 g/mol. The second kappa shape index (κ2) is 6.58. The van der Waals surface area contributed by atoms with Gasteiger partial charge in [-0.25, -0.2) is 0 Å². The monoisotopic (exact) mass is 227 g/mol. The van der Waals surface area contributed by atoms with Gasteiger partial charge >= 0.3 is 0 Å². The van der Waals surface area contributed by atoms with E-state index in [1.165, 1.54) is 38.5 Å². The summed E-state index contributed by atoms with van der Waals surface area (Å²) >= 11 is 0. The molecule has 1 heterocycles. The van der Waals surface area contributed by atoms with E-state index < -0.39 is 0 Å². The highest BCUT2D eigenvalue weighted by atomic mass is 16.5. The number of hydrogen-bond acceptors (Lipinski definition) is 3. The molecule has 0 aromatic heterocycles. The molecule has 1 saturated carbocycles. The molecule has 2 rings (SSSR count). The van der Waals surface area contributed by atoms with Crippen molar-refractivity contribution >= 4 is 0 Å². The lowest BCUT2D eigenvalue weighted by molar-refractivity contribution is -0.0253. The van der Waals surface area contributed by atoms with Crippen LogP contribution in [0.2, 0.25) is 0 Å². The molecule has 0 spiro atoms. The quantitative estimate of drug-likeness (QED) is 0.796. The lowest BCUT2D eigenvalue weighted by Gasteiger charge is -2.30. The van der Waals surface area contributed by atoms with E-state index in [-0.39, 0.29) is 0 Å². The fourth-order valence-electron chi connectivity index (χ4n) is 2.70. The van der Waals surface area contributed by atoms with Crippen LogP contribution in [0.5, 0.6) is 0 Å². The van der Waals surface area contributed by atoms with Crippen LogP contribution in [-0.4, -0.2) is 39.0 Å². The van der Waals surface area contributed by atoms with Gasteiger partial charge < -0.3 is 14.8 Å². The lowest BCUT2D eigenvalue weighted by atomic mass is 9.93. The fourth-order valence-corrected chi connectivity index (χ4v) is 2.70. The summed E-state index contributed by atoms with van der Waals surface area (Å²) in [7, 11) is 2.06. The topological polar surface area (TPSA) is 30.5 Å². The molecule has 0 atom stereocenters. The van der Waals surface area contributed by atoms with Gasteiger partial charge in [0.15, 0.2) is 0 Å². The number of nitrogens with one attached hydrogen (secondary N) is 1. The molecule has 3 heteroatoms. The molecule has 16 heavy (non-hydrogen) atoms. The summed E-state index contributed by atoms with van der Waals surface area (Å²) in [4.78, 5) is 0. The predicted octanol–water partition coefficient (Wildman–Crippen LogP) is 1.96. The zero-order valence-corrected chi connectivity index (χ0v) is 10.4. The smallest absolute Gasteiger partial charge is 0.0576 e. The van der Waals surface area contributed by atoms with E-state index in [9.17, 15) is 0 Å². The van der Waals surface area contributed by atoms with Crippen LogP contribution in [0.25, 0.3) is 0 Å².